The van der Waals surface area contributed by atoms with Gasteiger partial charge in [0.05, 0.1) is 5.02 Å². The molecular formula is C26H26ClN3O2S. The van der Waals surface area contributed by atoms with E-state index < -0.39 is 5.25 Å². The zero-order valence-corrected chi connectivity index (χ0v) is 19.7. The van der Waals surface area contributed by atoms with Gasteiger partial charge in [-0.05, 0) is 48.7 Å². The van der Waals surface area contributed by atoms with Crippen molar-refractivity contribution in [2.75, 3.05) is 10.6 Å². The van der Waals surface area contributed by atoms with Crippen molar-refractivity contribution in [2.45, 2.75) is 42.2 Å². The quantitative estimate of drug-likeness (QED) is 0.369. The molecular weight excluding hydrogens is 454 g/mol. The number of nitrogens with one attached hydrogen (secondary N) is 2. The van der Waals surface area contributed by atoms with Gasteiger partial charge in [-0.3, -0.25) is 9.59 Å². The van der Waals surface area contributed by atoms with E-state index in [1.54, 1.807) is 12.1 Å². The van der Waals surface area contributed by atoms with Gasteiger partial charge in [-0.2, -0.15) is 0 Å². The molecule has 5 nitrogen and oxygen atoms in total. The summed E-state index contributed by atoms with van der Waals surface area (Å²) in [5.41, 5.74) is 1.63. The molecule has 0 saturated heterocycles. The molecule has 4 rings (SSSR count). The number of carbonyl (C=O) groups excluding carboxylic acids is 2. The second kappa shape index (κ2) is 11.3. The number of hydrogen-bond donors (Lipinski definition) is 2. The van der Waals surface area contributed by atoms with Crippen LogP contribution in [0.2, 0.25) is 5.02 Å². The van der Waals surface area contributed by atoms with E-state index in [1.807, 2.05) is 54.6 Å². The smallest absolute Gasteiger partial charge is 0.243 e. The number of halogens is 1. The minimum atomic E-state index is -0.493. The number of hydrogen-bond acceptors (Lipinski definition) is 4. The van der Waals surface area contributed by atoms with Crippen molar-refractivity contribution in [1.29, 1.82) is 0 Å². The van der Waals surface area contributed by atoms with Crippen LogP contribution in [0.1, 0.15) is 42.9 Å². The average molecular weight is 480 g/mol. The Morgan fingerprint density at radius 1 is 0.939 bits per heavy atom. The summed E-state index contributed by atoms with van der Waals surface area (Å²) in [5, 5.41) is 5.96. The Kier molecular flexibility index (Phi) is 8.02. The number of benzene rings is 2. The van der Waals surface area contributed by atoms with E-state index >= 15 is 0 Å². The lowest BCUT2D eigenvalue weighted by Crippen LogP contribution is -2.24. The highest BCUT2D eigenvalue weighted by Gasteiger charge is 2.24. The van der Waals surface area contributed by atoms with Crippen LogP contribution >= 0.6 is 23.4 Å². The van der Waals surface area contributed by atoms with Crippen molar-refractivity contribution >= 4 is 46.7 Å². The number of carbonyl (C=O) groups is 2. The van der Waals surface area contributed by atoms with Crippen LogP contribution in [0.15, 0.2) is 77.8 Å². The fraction of sp³-hybridized carbons (Fsp3) is 0.269. The molecule has 1 aliphatic carbocycles. The molecule has 0 radical (unpaired) electrons. The Balaban J connectivity index is 1.50. The largest absolute Gasteiger partial charge is 0.326 e. The maximum absolute atomic E-state index is 13.2. The minimum Gasteiger partial charge on any atom is -0.326 e. The molecule has 2 aromatic carbocycles. The zero-order chi connectivity index (χ0) is 23.0. The van der Waals surface area contributed by atoms with Crippen LogP contribution < -0.4 is 10.6 Å². The summed E-state index contributed by atoms with van der Waals surface area (Å²) in [4.78, 5) is 30.9. The van der Waals surface area contributed by atoms with E-state index in [0.29, 0.717) is 10.8 Å². The maximum atomic E-state index is 13.2. The third-order valence-electron chi connectivity index (χ3n) is 5.65. The first-order valence-electron chi connectivity index (χ1n) is 11.1. The number of aromatic nitrogens is 1. The van der Waals surface area contributed by atoms with Gasteiger partial charge in [0.1, 0.15) is 11.1 Å². The first-order valence-corrected chi connectivity index (χ1v) is 12.4. The second-order valence-electron chi connectivity index (χ2n) is 8.11. The normalized spacial score (nSPS) is 14.9. The lowest BCUT2D eigenvalue weighted by molar-refractivity contribution is -0.120. The minimum absolute atomic E-state index is 0.0861. The molecule has 1 saturated carbocycles. The number of amides is 2. The van der Waals surface area contributed by atoms with Crippen LogP contribution in [0, 0.1) is 5.92 Å². The van der Waals surface area contributed by atoms with Crippen molar-refractivity contribution in [1.82, 2.24) is 4.98 Å². The number of rotatable bonds is 7. The summed E-state index contributed by atoms with van der Waals surface area (Å²) < 4.78 is 0. The van der Waals surface area contributed by atoms with Crippen LogP contribution in [0.5, 0.6) is 0 Å². The molecule has 2 N–H and O–H groups in total. The summed E-state index contributed by atoms with van der Waals surface area (Å²) in [6, 6.07) is 20.6. The molecule has 0 bridgehead atoms. The van der Waals surface area contributed by atoms with Crippen LogP contribution in [-0.2, 0) is 9.59 Å². The molecule has 1 aromatic heterocycles. The molecule has 1 fully saturated rings. The Morgan fingerprint density at radius 2 is 1.73 bits per heavy atom. The van der Waals surface area contributed by atoms with Crippen molar-refractivity contribution in [2.24, 2.45) is 5.92 Å². The number of pyridine rings is 1. The molecule has 1 heterocycles. The molecule has 1 unspecified atom stereocenters. The Bertz CT molecular complexity index is 1090. The van der Waals surface area contributed by atoms with Crippen LogP contribution in [0.3, 0.4) is 0 Å². The predicted molar refractivity (Wildman–Crippen MR) is 135 cm³/mol. The fourth-order valence-electron chi connectivity index (χ4n) is 3.93. The van der Waals surface area contributed by atoms with E-state index in [9.17, 15) is 9.59 Å². The van der Waals surface area contributed by atoms with E-state index in [2.05, 4.69) is 15.6 Å². The Hall–Kier alpha value is -2.83. The standard InChI is InChI=1S/C26H26ClN3O2S/c27-20-14-15-23(28-17-20)30-26(32)24(18-8-3-1-4-9-18)33-22-13-7-12-21(16-22)29-25(31)19-10-5-2-6-11-19/h1,3-4,7-9,12-17,19,24H,2,5-6,10-11H2,(H,29,31)(H,28,30,32). The first-order chi connectivity index (χ1) is 16.1. The molecule has 1 aliphatic rings. The highest BCUT2D eigenvalue weighted by Crippen LogP contribution is 2.37. The lowest BCUT2D eigenvalue weighted by atomic mass is 9.88. The van der Waals surface area contributed by atoms with Gasteiger partial charge in [0.15, 0.2) is 0 Å². The van der Waals surface area contributed by atoms with Crippen molar-refractivity contribution < 1.29 is 9.59 Å². The van der Waals surface area contributed by atoms with Crippen LogP contribution in [0.25, 0.3) is 0 Å². The van der Waals surface area contributed by atoms with Crippen LogP contribution in [0.4, 0.5) is 11.5 Å². The van der Waals surface area contributed by atoms with Gasteiger partial charge in [0.25, 0.3) is 0 Å². The van der Waals surface area contributed by atoms with Gasteiger partial charge in [-0.1, -0.05) is 67.3 Å². The van der Waals surface area contributed by atoms with E-state index in [0.717, 1.165) is 41.8 Å². The first kappa shape index (κ1) is 23.3. The van der Waals surface area contributed by atoms with Gasteiger partial charge in [-0.25, -0.2) is 4.98 Å². The van der Waals surface area contributed by atoms with Crippen molar-refractivity contribution in [3.05, 3.63) is 83.5 Å². The molecule has 0 spiro atoms. The summed E-state index contributed by atoms with van der Waals surface area (Å²) in [7, 11) is 0. The SMILES string of the molecule is O=C(Nc1cccc(SC(C(=O)Nc2ccc(Cl)cn2)c2ccccc2)c1)C1CCCCC1. The van der Waals surface area contributed by atoms with Gasteiger partial charge in [0, 0.05) is 22.7 Å². The Morgan fingerprint density at radius 3 is 2.45 bits per heavy atom. The van der Waals surface area contributed by atoms with Crippen molar-refractivity contribution in [3.63, 3.8) is 0 Å². The molecule has 0 aliphatic heterocycles. The molecule has 2 amide bonds. The zero-order valence-electron chi connectivity index (χ0n) is 18.2. The molecule has 170 valence electrons. The van der Waals surface area contributed by atoms with E-state index in [1.165, 1.54) is 24.4 Å². The summed E-state index contributed by atoms with van der Waals surface area (Å²) in [6.07, 6.45) is 6.85. The van der Waals surface area contributed by atoms with E-state index in [4.69, 9.17) is 11.6 Å². The molecule has 3 aromatic rings. The van der Waals surface area contributed by atoms with Gasteiger partial charge < -0.3 is 10.6 Å². The summed E-state index contributed by atoms with van der Waals surface area (Å²) in [5.74, 6) is 0.435. The molecule has 1 atom stereocenters. The average Bonchev–Trinajstić information content (AvgIpc) is 2.85. The summed E-state index contributed by atoms with van der Waals surface area (Å²) >= 11 is 7.34. The number of anilines is 2. The highest BCUT2D eigenvalue weighted by molar-refractivity contribution is 8.00. The predicted octanol–water partition coefficient (Wildman–Crippen LogP) is 6.73. The second-order valence-corrected chi connectivity index (χ2v) is 9.73. The third kappa shape index (κ3) is 6.59. The third-order valence-corrected chi connectivity index (χ3v) is 7.12. The highest BCUT2D eigenvalue weighted by atomic mass is 35.5. The molecule has 33 heavy (non-hydrogen) atoms. The molecule has 7 heteroatoms. The topological polar surface area (TPSA) is 71.1 Å². The van der Waals surface area contributed by atoms with Gasteiger partial charge in [-0.15, -0.1) is 11.8 Å². The van der Waals surface area contributed by atoms with E-state index in [-0.39, 0.29) is 17.7 Å². The lowest BCUT2D eigenvalue weighted by Gasteiger charge is -2.21. The Labute approximate surface area is 203 Å². The van der Waals surface area contributed by atoms with Gasteiger partial charge >= 0.3 is 0 Å². The number of thioether (sulfide) groups is 1. The van der Waals surface area contributed by atoms with Gasteiger partial charge in [0.2, 0.25) is 11.8 Å². The maximum Gasteiger partial charge on any atom is 0.243 e. The fourth-order valence-corrected chi connectivity index (χ4v) is 5.13. The summed E-state index contributed by atoms with van der Waals surface area (Å²) in [6.45, 7) is 0. The number of nitrogens with zero attached hydrogens (tertiary/aromatic N) is 1. The van der Waals surface area contributed by atoms with Crippen molar-refractivity contribution in [3.8, 4) is 0 Å². The van der Waals surface area contributed by atoms with Crippen LogP contribution in [-0.4, -0.2) is 16.8 Å². The monoisotopic (exact) mass is 479 g/mol.